The lowest BCUT2D eigenvalue weighted by Crippen LogP contribution is -2.30. The number of rotatable bonds is 57. The van der Waals surface area contributed by atoms with Crippen molar-refractivity contribution in [1.29, 1.82) is 0 Å². The van der Waals surface area contributed by atoms with Gasteiger partial charge in [0.15, 0.2) is 12.2 Å². The molecule has 0 aromatic carbocycles. The van der Waals surface area contributed by atoms with Crippen LogP contribution in [-0.2, 0) is 65.4 Å². The summed E-state index contributed by atoms with van der Waals surface area (Å²) in [5, 5.41) is 10.5. The van der Waals surface area contributed by atoms with E-state index < -0.39 is 97.5 Å². The highest BCUT2D eigenvalue weighted by molar-refractivity contribution is 7.47. The quantitative estimate of drug-likeness (QED) is 0.0222. The molecule has 0 heterocycles. The van der Waals surface area contributed by atoms with Crippen LogP contribution in [0.2, 0.25) is 0 Å². The molecule has 0 bridgehead atoms. The van der Waals surface area contributed by atoms with Gasteiger partial charge in [0.2, 0.25) is 0 Å². The molecule has 77 heavy (non-hydrogen) atoms. The Morgan fingerprint density at radius 1 is 0.351 bits per heavy atom. The Kier molecular flexibility index (Phi) is 49.7. The molecule has 0 rings (SSSR count). The highest BCUT2D eigenvalue weighted by Crippen LogP contribution is 2.45. The van der Waals surface area contributed by atoms with Gasteiger partial charge in [-0.15, -0.1) is 0 Å². The summed E-state index contributed by atoms with van der Waals surface area (Å²) >= 11 is 0. The zero-order valence-electron chi connectivity index (χ0n) is 49.2. The van der Waals surface area contributed by atoms with Crippen molar-refractivity contribution in [3.63, 3.8) is 0 Å². The van der Waals surface area contributed by atoms with Crippen molar-refractivity contribution < 1.29 is 80.2 Å². The monoisotopic (exact) mass is 1140 g/mol. The van der Waals surface area contributed by atoms with Gasteiger partial charge in [-0.2, -0.15) is 0 Å². The van der Waals surface area contributed by atoms with E-state index in [9.17, 15) is 43.2 Å². The summed E-state index contributed by atoms with van der Waals surface area (Å²) in [5.74, 6) is -0.754. The number of aliphatic hydroxyl groups excluding tert-OH is 1. The first-order valence-electron chi connectivity index (χ1n) is 30.5. The fraction of sp³-hybridized carbons (Fsp3) is 0.931. The SMILES string of the molecule is CCCCCCCCCCCCCCC(=O)O[C@H](COC(=O)CCCCCCCCCC(C)C)COP(=O)(O)OC[C@@H](O)COP(=O)(O)OC[C@@H](COC(=O)CCCCCCC)OC(=O)CCCCCCCCCC(C)C. The van der Waals surface area contributed by atoms with E-state index in [-0.39, 0.29) is 25.7 Å². The van der Waals surface area contributed by atoms with Crippen LogP contribution in [0.15, 0.2) is 0 Å². The van der Waals surface area contributed by atoms with Crippen molar-refractivity contribution in [2.24, 2.45) is 11.8 Å². The van der Waals surface area contributed by atoms with E-state index >= 15 is 0 Å². The largest absolute Gasteiger partial charge is 0.472 e. The smallest absolute Gasteiger partial charge is 0.462 e. The Hall–Kier alpha value is -1.94. The molecule has 19 heteroatoms. The Morgan fingerprint density at radius 3 is 0.883 bits per heavy atom. The fourth-order valence-corrected chi connectivity index (χ4v) is 10.0. The van der Waals surface area contributed by atoms with Gasteiger partial charge in [-0.05, 0) is 37.5 Å². The second kappa shape index (κ2) is 51.0. The number of ether oxygens (including phenoxy) is 4. The highest BCUT2D eigenvalue weighted by atomic mass is 31.2. The molecule has 0 aliphatic rings. The summed E-state index contributed by atoms with van der Waals surface area (Å²) < 4.78 is 67.5. The van der Waals surface area contributed by atoms with E-state index in [1.54, 1.807) is 0 Å². The molecule has 0 radical (unpaired) electrons. The average molecular weight is 1140 g/mol. The van der Waals surface area contributed by atoms with E-state index in [1.165, 1.54) is 83.5 Å². The van der Waals surface area contributed by atoms with Crippen LogP contribution in [0, 0.1) is 11.8 Å². The molecule has 456 valence electrons. The number of carbonyl (C=O) groups is 4. The maximum Gasteiger partial charge on any atom is 0.472 e. The predicted octanol–water partition coefficient (Wildman–Crippen LogP) is 15.3. The molecule has 2 unspecified atom stereocenters. The summed E-state index contributed by atoms with van der Waals surface area (Å²) in [6.07, 6.45) is 31.2. The molecule has 0 aromatic heterocycles. The topological polar surface area (TPSA) is 237 Å². The van der Waals surface area contributed by atoms with Crippen LogP contribution in [0.4, 0.5) is 0 Å². The zero-order valence-corrected chi connectivity index (χ0v) is 51.0. The lowest BCUT2D eigenvalue weighted by atomic mass is 10.0. The predicted molar refractivity (Wildman–Crippen MR) is 303 cm³/mol. The third-order valence-electron chi connectivity index (χ3n) is 13.2. The first-order valence-corrected chi connectivity index (χ1v) is 33.5. The molecular formula is C58H112O17P2. The summed E-state index contributed by atoms with van der Waals surface area (Å²) in [7, 11) is -9.87. The molecule has 0 spiro atoms. The Labute approximate surface area is 467 Å². The van der Waals surface area contributed by atoms with Gasteiger partial charge in [0, 0.05) is 25.7 Å². The molecule has 0 fully saturated rings. The summed E-state index contributed by atoms with van der Waals surface area (Å²) in [6, 6.07) is 0. The number of hydrogen-bond donors (Lipinski definition) is 3. The Balaban J connectivity index is 5.19. The van der Waals surface area contributed by atoms with Gasteiger partial charge in [-0.1, -0.05) is 228 Å². The third kappa shape index (κ3) is 53.2. The lowest BCUT2D eigenvalue weighted by molar-refractivity contribution is -0.161. The van der Waals surface area contributed by atoms with Crippen LogP contribution in [0.1, 0.15) is 279 Å². The van der Waals surface area contributed by atoms with Crippen molar-refractivity contribution in [3.8, 4) is 0 Å². The average Bonchev–Trinajstić information content (AvgIpc) is 3.38. The molecule has 0 aliphatic carbocycles. The number of aliphatic hydroxyl groups is 1. The highest BCUT2D eigenvalue weighted by Gasteiger charge is 2.30. The van der Waals surface area contributed by atoms with Crippen molar-refractivity contribution in [2.75, 3.05) is 39.6 Å². The molecule has 17 nitrogen and oxygen atoms in total. The van der Waals surface area contributed by atoms with Crippen LogP contribution in [-0.4, -0.2) is 96.7 Å². The zero-order chi connectivity index (χ0) is 57.3. The van der Waals surface area contributed by atoms with E-state index in [0.29, 0.717) is 37.5 Å². The van der Waals surface area contributed by atoms with Crippen LogP contribution >= 0.6 is 15.6 Å². The van der Waals surface area contributed by atoms with Gasteiger partial charge in [0.25, 0.3) is 0 Å². The number of unbranched alkanes of at least 4 members (excludes halogenated alkanes) is 27. The van der Waals surface area contributed by atoms with E-state index in [0.717, 1.165) is 103 Å². The van der Waals surface area contributed by atoms with Gasteiger partial charge in [0.05, 0.1) is 26.4 Å². The van der Waals surface area contributed by atoms with Gasteiger partial charge in [0.1, 0.15) is 19.3 Å². The van der Waals surface area contributed by atoms with E-state index in [4.69, 9.17) is 37.0 Å². The second-order valence-corrected chi connectivity index (χ2v) is 24.9. The first kappa shape index (κ1) is 75.1. The number of hydrogen-bond acceptors (Lipinski definition) is 15. The standard InChI is InChI=1S/C58H112O17P2/c1-7-9-11-13-14-15-16-17-18-23-30-36-42-57(62)75-54(47-69-56(61)41-35-29-24-19-21-27-32-38-50(3)4)49-73-77(66,67)71-45-52(59)44-70-76(64,65)72-48-53(46-68-55(60)40-34-26-12-10-8-2)74-58(63)43-37-31-25-20-22-28-33-39-51(5)6/h50-54,59H,7-49H2,1-6H3,(H,64,65)(H,66,67)/t52-,53+,54+/m0/s1. The number of phosphoric acid groups is 2. The van der Waals surface area contributed by atoms with Crippen LogP contribution in [0.3, 0.4) is 0 Å². The van der Waals surface area contributed by atoms with Gasteiger partial charge < -0.3 is 33.8 Å². The minimum absolute atomic E-state index is 0.102. The van der Waals surface area contributed by atoms with E-state index in [2.05, 4.69) is 41.5 Å². The molecule has 5 atom stereocenters. The van der Waals surface area contributed by atoms with Gasteiger partial charge in [-0.3, -0.25) is 37.3 Å². The number of esters is 4. The Bertz CT molecular complexity index is 1530. The summed E-state index contributed by atoms with van der Waals surface area (Å²) in [5.41, 5.74) is 0. The Morgan fingerprint density at radius 2 is 0.597 bits per heavy atom. The molecular weight excluding hydrogens is 1030 g/mol. The fourth-order valence-electron chi connectivity index (χ4n) is 8.47. The minimum Gasteiger partial charge on any atom is -0.462 e. The molecule has 0 aromatic rings. The second-order valence-electron chi connectivity index (χ2n) is 22.0. The van der Waals surface area contributed by atoms with Crippen LogP contribution < -0.4 is 0 Å². The van der Waals surface area contributed by atoms with Crippen molar-refractivity contribution in [2.45, 2.75) is 297 Å². The van der Waals surface area contributed by atoms with Crippen molar-refractivity contribution in [3.05, 3.63) is 0 Å². The number of phosphoric ester groups is 2. The molecule has 0 amide bonds. The van der Waals surface area contributed by atoms with E-state index in [1.807, 2.05) is 0 Å². The maximum atomic E-state index is 12.9. The normalized spacial score (nSPS) is 14.5. The van der Waals surface area contributed by atoms with Crippen molar-refractivity contribution in [1.82, 2.24) is 0 Å². The summed E-state index contributed by atoms with van der Waals surface area (Å²) in [4.78, 5) is 71.6. The van der Waals surface area contributed by atoms with Crippen LogP contribution in [0.5, 0.6) is 0 Å². The van der Waals surface area contributed by atoms with Gasteiger partial charge in [-0.25, -0.2) is 9.13 Å². The van der Waals surface area contributed by atoms with Crippen LogP contribution in [0.25, 0.3) is 0 Å². The maximum absolute atomic E-state index is 12.9. The number of carbonyl (C=O) groups excluding carboxylic acids is 4. The first-order chi connectivity index (χ1) is 36.9. The lowest BCUT2D eigenvalue weighted by Gasteiger charge is -2.21. The molecule has 0 aliphatic heterocycles. The minimum atomic E-state index is -4.94. The molecule has 3 N–H and O–H groups in total. The molecule has 0 saturated heterocycles. The van der Waals surface area contributed by atoms with Crippen molar-refractivity contribution >= 4 is 39.5 Å². The molecule has 0 saturated carbocycles. The third-order valence-corrected chi connectivity index (χ3v) is 15.1. The summed E-state index contributed by atoms with van der Waals surface area (Å²) in [6.45, 7) is 9.23. The van der Waals surface area contributed by atoms with Gasteiger partial charge >= 0.3 is 39.5 Å².